The summed E-state index contributed by atoms with van der Waals surface area (Å²) in [5, 5.41) is 4.52. The lowest BCUT2D eigenvalue weighted by atomic mass is 9.87. The van der Waals surface area contributed by atoms with E-state index >= 15 is 0 Å². The van der Waals surface area contributed by atoms with E-state index in [0.29, 0.717) is 5.56 Å². The molecule has 4 heteroatoms. The number of nitrogens with zero attached hydrogens (tertiary/aromatic N) is 2. The molecule has 0 aliphatic carbocycles. The fourth-order valence-electron chi connectivity index (χ4n) is 2.93. The van der Waals surface area contributed by atoms with Crippen molar-refractivity contribution in [3.8, 4) is 0 Å². The molecule has 0 radical (unpaired) electrons. The molecular weight excluding hydrogens is 352 g/mol. The second-order valence-corrected chi connectivity index (χ2v) is 9.04. The van der Waals surface area contributed by atoms with E-state index in [2.05, 4.69) is 57.1 Å². The molecule has 0 spiro atoms. The summed E-state index contributed by atoms with van der Waals surface area (Å²) in [7, 11) is 0. The molecule has 0 N–H and O–H groups in total. The third-order valence-corrected chi connectivity index (χ3v) is 5.96. The van der Waals surface area contributed by atoms with Gasteiger partial charge in [0.2, 0.25) is 0 Å². The van der Waals surface area contributed by atoms with Crippen molar-refractivity contribution >= 4 is 17.7 Å². The van der Waals surface area contributed by atoms with Crippen LogP contribution in [0.1, 0.15) is 53.6 Å². The molecule has 0 aliphatic rings. The number of aryl methyl sites for hydroxylation is 2. The fourth-order valence-corrected chi connectivity index (χ4v) is 3.86. The largest absolute Gasteiger partial charge is 0.278 e. The third kappa shape index (κ3) is 4.16. The average molecular weight is 379 g/mol. The second kappa shape index (κ2) is 7.35. The van der Waals surface area contributed by atoms with Crippen molar-refractivity contribution in [2.75, 3.05) is 0 Å². The molecule has 3 aromatic rings. The molecule has 0 saturated carbocycles. The van der Waals surface area contributed by atoms with Crippen molar-refractivity contribution in [1.29, 1.82) is 0 Å². The maximum Gasteiger partial charge on any atom is 0.278 e. The van der Waals surface area contributed by atoms with Crippen LogP contribution in [0.15, 0.2) is 58.3 Å². The smallest absolute Gasteiger partial charge is 0.267 e. The van der Waals surface area contributed by atoms with Crippen LogP contribution in [0.3, 0.4) is 0 Å². The van der Waals surface area contributed by atoms with Gasteiger partial charge in [-0.2, -0.15) is 9.78 Å². The molecule has 0 fully saturated rings. The number of hydrogen-bond donors (Lipinski definition) is 0. The van der Waals surface area contributed by atoms with Crippen LogP contribution >= 0.6 is 11.8 Å². The molecule has 27 heavy (non-hydrogen) atoms. The second-order valence-electron chi connectivity index (χ2n) is 7.96. The molecule has 3 nitrogen and oxygen atoms in total. The Morgan fingerprint density at radius 3 is 2.07 bits per heavy atom. The van der Waals surface area contributed by atoms with Gasteiger partial charge in [0.05, 0.1) is 16.3 Å². The van der Waals surface area contributed by atoms with E-state index in [4.69, 9.17) is 0 Å². The van der Waals surface area contributed by atoms with Crippen molar-refractivity contribution in [3.05, 3.63) is 76.6 Å². The summed E-state index contributed by atoms with van der Waals surface area (Å²) in [6.45, 7) is 12.5. The van der Waals surface area contributed by atoms with E-state index in [-0.39, 0.29) is 11.3 Å². The van der Waals surface area contributed by atoms with Gasteiger partial charge in [0.1, 0.15) is 0 Å². The predicted molar refractivity (Wildman–Crippen MR) is 112 cm³/mol. The first kappa shape index (κ1) is 19.4. The number of carbonyl (C=O) groups is 1. The van der Waals surface area contributed by atoms with Crippen molar-refractivity contribution < 1.29 is 4.79 Å². The molecule has 0 amide bonds. The van der Waals surface area contributed by atoms with Crippen molar-refractivity contribution in [2.45, 2.75) is 56.7 Å². The van der Waals surface area contributed by atoms with Crippen LogP contribution in [0.4, 0.5) is 0 Å². The van der Waals surface area contributed by atoms with Crippen molar-refractivity contribution in [3.63, 3.8) is 0 Å². The third-order valence-electron chi connectivity index (χ3n) is 4.66. The van der Waals surface area contributed by atoms with Gasteiger partial charge in [-0.25, -0.2) is 0 Å². The highest BCUT2D eigenvalue weighted by atomic mass is 32.2. The standard InChI is InChI=1S/C23H26N2OS/c1-15-7-13-20(14-8-15)27-21-16(2)24-25(17(21)3)22(26)18-9-11-19(12-10-18)23(4,5)6/h7-14H,1-6H3. The van der Waals surface area contributed by atoms with Crippen molar-refractivity contribution in [2.24, 2.45) is 0 Å². The van der Waals surface area contributed by atoms with Crippen molar-refractivity contribution in [1.82, 2.24) is 9.78 Å². The predicted octanol–water partition coefficient (Wildman–Crippen LogP) is 5.95. The monoisotopic (exact) mass is 378 g/mol. The molecule has 0 aliphatic heterocycles. The van der Waals surface area contributed by atoms with Gasteiger partial charge in [0.15, 0.2) is 0 Å². The number of rotatable bonds is 3. The Hall–Kier alpha value is -2.33. The van der Waals surface area contributed by atoms with E-state index in [1.165, 1.54) is 15.8 Å². The normalized spacial score (nSPS) is 11.6. The lowest BCUT2D eigenvalue weighted by molar-refractivity contribution is 0.0942. The Kier molecular flexibility index (Phi) is 5.29. The molecule has 1 aromatic heterocycles. The number of aromatic nitrogens is 2. The van der Waals surface area contributed by atoms with E-state index in [1.807, 2.05) is 38.1 Å². The first-order valence-corrected chi connectivity index (χ1v) is 9.94. The van der Waals surface area contributed by atoms with Gasteiger partial charge in [-0.1, -0.05) is 62.4 Å². The van der Waals surface area contributed by atoms with Crippen LogP contribution in [0.5, 0.6) is 0 Å². The summed E-state index contributed by atoms with van der Waals surface area (Å²) in [6.07, 6.45) is 0. The lowest BCUT2D eigenvalue weighted by Crippen LogP contribution is -2.16. The van der Waals surface area contributed by atoms with Crippen LogP contribution in [0.25, 0.3) is 0 Å². The Morgan fingerprint density at radius 2 is 1.52 bits per heavy atom. The molecule has 1 heterocycles. The topological polar surface area (TPSA) is 34.9 Å². The van der Waals surface area contributed by atoms with Crippen LogP contribution in [-0.4, -0.2) is 15.7 Å². The van der Waals surface area contributed by atoms with Gasteiger partial charge in [-0.05, 0) is 56.0 Å². The van der Waals surface area contributed by atoms with E-state index in [1.54, 1.807) is 11.8 Å². The Balaban J connectivity index is 1.89. The molecule has 0 saturated heterocycles. The highest BCUT2D eigenvalue weighted by Crippen LogP contribution is 2.33. The fraction of sp³-hybridized carbons (Fsp3) is 0.304. The van der Waals surface area contributed by atoms with E-state index in [0.717, 1.165) is 21.2 Å². The zero-order chi connectivity index (χ0) is 19.8. The van der Waals surface area contributed by atoms with Gasteiger partial charge >= 0.3 is 0 Å². The molecule has 140 valence electrons. The van der Waals surface area contributed by atoms with Crippen LogP contribution in [0, 0.1) is 20.8 Å². The Bertz CT molecular complexity index is 961. The minimum atomic E-state index is -0.0909. The summed E-state index contributed by atoms with van der Waals surface area (Å²) in [5.41, 5.74) is 4.92. The minimum Gasteiger partial charge on any atom is -0.267 e. The highest BCUT2D eigenvalue weighted by molar-refractivity contribution is 7.99. The summed E-state index contributed by atoms with van der Waals surface area (Å²) >= 11 is 1.65. The lowest BCUT2D eigenvalue weighted by Gasteiger charge is -2.19. The van der Waals surface area contributed by atoms with Gasteiger partial charge in [-0.15, -0.1) is 0 Å². The highest BCUT2D eigenvalue weighted by Gasteiger charge is 2.20. The van der Waals surface area contributed by atoms with Gasteiger partial charge < -0.3 is 0 Å². The van der Waals surface area contributed by atoms with E-state index < -0.39 is 0 Å². The number of hydrogen-bond acceptors (Lipinski definition) is 3. The van der Waals surface area contributed by atoms with Crippen LogP contribution in [0.2, 0.25) is 0 Å². The zero-order valence-electron chi connectivity index (χ0n) is 16.8. The molecular formula is C23H26N2OS. The maximum absolute atomic E-state index is 13.0. The maximum atomic E-state index is 13.0. The first-order chi connectivity index (χ1) is 12.7. The zero-order valence-corrected chi connectivity index (χ0v) is 17.6. The average Bonchev–Trinajstić information content (AvgIpc) is 2.90. The summed E-state index contributed by atoms with van der Waals surface area (Å²) in [5.74, 6) is -0.0909. The molecule has 0 unspecified atom stereocenters. The summed E-state index contributed by atoms with van der Waals surface area (Å²) in [4.78, 5) is 15.2. The molecule has 2 aromatic carbocycles. The SMILES string of the molecule is Cc1ccc(Sc2c(C)nn(C(=O)c3ccc(C(C)(C)C)cc3)c2C)cc1. The van der Waals surface area contributed by atoms with E-state index in [9.17, 15) is 4.79 Å². The first-order valence-electron chi connectivity index (χ1n) is 9.13. The number of benzene rings is 2. The van der Waals surface area contributed by atoms with Crippen LogP contribution in [-0.2, 0) is 5.41 Å². The quantitative estimate of drug-likeness (QED) is 0.565. The van der Waals surface area contributed by atoms with Gasteiger partial charge in [0, 0.05) is 10.5 Å². The van der Waals surface area contributed by atoms with Crippen LogP contribution < -0.4 is 0 Å². The Labute approximate surface area is 165 Å². The Morgan fingerprint density at radius 1 is 0.926 bits per heavy atom. The molecule has 0 atom stereocenters. The van der Waals surface area contributed by atoms with Gasteiger partial charge in [-0.3, -0.25) is 4.79 Å². The molecule has 3 rings (SSSR count). The summed E-state index contributed by atoms with van der Waals surface area (Å²) < 4.78 is 1.53. The number of carbonyl (C=O) groups excluding carboxylic acids is 1. The molecule has 0 bridgehead atoms. The summed E-state index contributed by atoms with van der Waals surface area (Å²) in [6, 6.07) is 16.2. The minimum absolute atomic E-state index is 0.0671. The van der Waals surface area contributed by atoms with Gasteiger partial charge in [0.25, 0.3) is 5.91 Å².